The number of carbonyl (C=O) groups is 2. The number of amides is 2. The number of anilines is 1. The second kappa shape index (κ2) is 8.28. The van der Waals surface area contributed by atoms with Gasteiger partial charge in [-0.3, -0.25) is 14.6 Å². The second-order valence-corrected chi connectivity index (χ2v) is 6.26. The number of nitrogens with zero attached hydrogens (tertiary/aromatic N) is 1. The lowest BCUT2D eigenvalue weighted by atomic mass is 10.2. The van der Waals surface area contributed by atoms with Gasteiger partial charge in [-0.1, -0.05) is 23.4 Å². The van der Waals surface area contributed by atoms with Crippen LogP contribution < -0.4 is 10.6 Å². The van der Waals surface area contributed by atoms with Crippen LogP contribution >= 0.6 is 23.4 Å². The molecule has 0 bridgehead atoms. The van der Waals surface area contributed by atoms with E-state index in [1.165, 1.54) is 23.9 Å². The Bertz CT molecular complexity index is 642. The van der Waals surface area contributed by atoms with Gasteiger partial charge in [0, 0.05) is 19.2 Å². The fourth-order valence-electron chi connectivity index (χ4n) is 1.81. The van der Waals surface area contributed by atoms with Crippen LogP contribution in [0, 0.1) is 5.82 Å². The first-order valence-electron chi connectivity index (χ1n) is 6.75. The van der Waals surface area contributed by atoms with Crippen molar-refractivity contribution < 1.29 is 18.7 Å². The number of benzene rings is 1. The van der Waals surface area contributed by atoms with Gasteiger partial charge in [0.2, 0.25) is 11.8 Å². The molecule has 0 aliphatic carbocycles. The molecule has 0 spiro atoms. The van der Waals surface area contributed by atoms with E-state index in [-0.39, 0.29) is 23.3 Å². The molecule has 1 aliphatic heterocycles. The number of aliphatic imine (C=N–C) groups is 1. The summed E-state index contributed by atoms with van der Waals surface area (Å²) in [5.74, 6) is -1.19. The zero-order valence-electron chi connectivity index (χ0n) is 12.3. The number of carbonyl (C=O) groups excluding carboxylic acids is 2. The second-order valence-electron chi connectivity index (χ2n) is 4.66. The molecule has 23 heavy (non-hydrogen) atoms. The SMILES string of the molecule is COCCN=C1NC(=O)[C@H](CC(=O)Nc2ccc(F)c(Cl)c2)S1. The van der Waals surface area contributed by atoms with Gasteiger partial charge in [0.15, 0.2) is 5.17 Å². The minimum Gasteiger partial charge on any atom is -0.383 e. The first kappa shape index (κ1) is 17.7. The van der Waals surface area contributed by atoms with Crippen LogP contribution in [0.4, 0.5) is 10.1 Å². The van der Waals surface area contributed by atoms with Crippen LogP contribution in [0.1, 0.15) is 6.42 Å². The molecule has 2 rings (SSSR count). The molecule has 1 saturated heterocycles. The number of amidine groups is 1. The molecule has 1 heterocycles. The standard InChI is InChI=1S/C14H15ClFN3O3S/c1-22-5-4-17-14-19-13(21)11(23-14)7-12(20)18-8-2-3-10(16)9(15)6-8/h2-3,6,11H,4-5,7H2,1H3,(H,18,20)(H,17,19,21)/t11-/m0/s1. The van der Waals surface area contributed by atoms with Crippen molar-refractivity contribution in [3.8, 4) is 0 Å². The van der Waals surface area contributed by atoms with Crippen LogP contribution in [0.3, 0.4) is 0 Å². The molecule has 1 aromatic carbocycles. The molecule has 124 valence electrons. The minimum atomic E-state index is -0.563. The maximum absolute atomic E-state index is 13.1. The Morgan fingerprint density at radius 1 is 1.57 bits per heavy atom. The Hall–Kier alpha value is -1.64. The normalized spacial score (nSPS) is 19.0. The highest BCUT2D eigenvalue weighted by molar-refractivity contribution is 8.15. The van der Waals surface area contributed by atoms with Crippen LogP contribution in [0.15, 0.2) is 23.2 Å². The molecule has 1 fully saturated rings. The largest absolute Gasteiger partial charge is 0.383 e. The van der Waals surface area contributed by atoms with E-state index in [0.29, 0.717) is 24.0 Å². The van der Waals surface area contributed by atoms with Gasteiger partial charge in [-0.05, 0) is 18.2 Å². The summed E-state index contributed by atoms with van der Waals surface area (Å²) in [5, 5.41) is 5.05. The molecule has 1 aromatic rings. The third kappa shape index (κ3) is 5.19. The van der Waals surface area contributed by atoms with Gasteiger partial charge in [0.1, 0.15) is 11.1 Å². The van der Waals surface area contributed by atoms with Gasteiger partial charge in [-0.2, -0.15) is 0 Å². The van der Waals surface area contributed by atoms with Gasteiger partial charge in [-0.25, -0.2) is 4.39 Å². The van der Waals surface area contributed by atoms with Crippen LogP contribution in [0.2, 0.25) is 5.02 Å². The predicted molar refractivity (Wildman–Crippen MR) is 88.4 cm³/mol. The number of nitrogens with one attached hydrogen (secondary N) is 2. The molecule has 1 aliphatic rings. The van der Waals surface area contributed by atoms with Crippen molar-refractivity contribution in [2.45, 2.75) is 11.7 Å². The van der Waals surface area contributed by atoms with E-state index in [1.807, 2.05) is 0 Å². The molecular weight excluding hydrogens is 345 g/mol. The molecule has 9 heteroatoms. The molecule has 0 unspecified atom stereocenters. The highest BCUT2D eigenvalue weighted by Gasteiger charge is 2.31. The molecule has 0 radical (unpaired) electrons. The fourth-order valence-corrected chi connectivity index (χ4v) is 2.98. The maximum atomic E-state index is 13.1. The Morgan fingerprint density at radius 2 is 2.35 bits per heavy atom. The summed E-state index contributed by atoms with van der Waals surface area (Å²) in [6.07, 6.45) is -0.0191. The molecular formula is C14H15ClFN3O3S. The van der Waals surface area contributed by atoms with Crippen molar-refractivity contribution in [1.82, 2.24) is 5.32 Å². The third-order valence-electron chi connectivity index (χ3n) is 2.90. The summed E-state index contributed by atoms with van der Waals surface area (Å²) in [7, 11) is 1.56. The highest BCUT2D eigenvalue weighted by atomic mass is 35.5. The summed E-state index contributed by atoms with van der Waals surface area (Å²) in [5.41, 5.74) is 0.374. The first-order chi connectivity index (χ1) is 11.0. The maximum Gasteiger partial charge on any atom is 0.240 e. The zero-order chi connectivity index (χ0) is 16.8. The number of halogens is 2. The van der Waals surface area contributed by atoms with Gasteiger partial charge in [-0.15, -0.1) is 0 Å². The van der Waals surface area contributed by atoms with Gasteiger partial charge < -0.3 is 15.4 Å². The summed E-state index contributed by atoms with van der Waals surface area (Å²) in [6.45, 7) is 0.891. The zero-order valence-corrected chi connectivity index (χ0v) is 13.8. The van der Waals surface area contributed by atoms with E-state index in [9.17, 15) is 14.0 Å². The molecule has 2 N–H and O–H groups in total. The van der Waals surface area contributed by atoms with E-state index < -0.39 is 11.1 Å². The van der Waals surface area contributed by atoms with E-state index in [2.05, 4.69) is 15.6 Å². The molecule has 6 nitrogen and oxygen atoms in total. The smallest absolute Gasteiger partial charge is 0.240 e. The minimum absolute atomic E-state index is 0.0191. The Kier molecular flexibility index (Phi) is 6.37. The van der Waals surface area contributed by atoms with Crippen molar-refractivity contribution in [3.63, 3.8) is 0 Å². The third-order valence-corrected chi connectivity index (χ3v) is 4.31. The number of rotatable bonds is 6. The van der Waals surface area contributed by atoms with Gasteiger partial charge in [0.05, 0.1) is 18.2 Å². The number of hydrogen-bond donors (Lipinski definition) is 2. The Morgan fingerprint density at radius 3 is 3.04 bits per heavy atom. The molecule has 1 atom stereocenters. The fraction of sp³-hybridized carbons (Fsp3) is 0.357. The van der Waals surface area contributed by atoms with Crippen LogP contribution in [0.25, 0.3) is 0 Å². The van der Waals surface area contributed by atoms with E-state index in [1.54, 1.807) is 7.11 Å². The van der Waals surface area contributed by atoms with Crippen LogP contribution in [-0.4, -0.2) is 42.5 Å². The first-order valence-corrected chi connectivity index (χ1v) is 8.01. The Labute approximate surface area is 141 Å². The van der Waals surface area contributed by atoms with Crippen molar-refractivity contribution in [2.24, 2.45) is 4.99 Å². The van der Waals surface area contributed by atoms with Crippen molar-refractivity contribution in [2.75, 3.05) is 25.6 Å². The topological polar surface area (TPSA) is 79.8 Å². The summed E-state index contributed by atoms with van der Waals surface area (Å²) >= 11 is 6.85. The number of thioether (sulfide) groups is 1. The van der Waals surface area contributed by atoms with Crippen molar-refractivity contribution in [1.29, 1.82) is 0 Å². The quantitative estimate of drug-likeness (QED) is 0.762. The lowest BCUT2D eigenvalue weighted by Gasteiger charge is -2.08. The lowest BCUT2D eigenvalue weighted by Crippen LogP contribution is -2.28. The van der Waals surface area contributed by atoms with Crippen LogP contribution in [-0.2, 0) is 14.3 Å². The molecule has 2 amide bonds. The monoisotopic (exact) mass is 359 g/mol. The van der Waals surface area contributed by atoms with E-state index >= 15 is 0 Å². The van der Waals surface area contributed by atoms with E-state index in [0.717, 1.165) is 6.07 Å². The van der Waals surface area contributed by atoms with E-state index in [4.69, 9.17) is 16.3 Å². The van der Waals surface area contributed by atoms with Gasteiger partial charge in [0.25, 0.3) is 0 Å². The summed E-state index contributed by atoms with van der Waals surface area (Å²) in [4.78, 5) is 27.9. The molecule has 0 saturated carbocycles. The highest BCUT2D eigenvalue weighted by Crippen LogP contribution is 2.24. The average Bonchev–Trinajstić information content (AvgIpc) is 2.83. The summed E-state index contributed by atoms with van der Waals surface area (Å²) in [6, 6.07) is 3.88. The van der Waals surface area contributed by atoms with Crippen molar-refractivity contribution in [3.05, 3.63) is 29.0 Å². The predicted octanol–water partition coefficient (Wildman–Crippen LogP) is 2.04. The Balaban J connectivity index is 1.88. The number of methoxy groups -OCH3 is 1. The molecule has 0 aromatic heterocycles. The van der Waals surface area contributed by atoms with Crippen molar-refractivity contribution >= 4 is 46.0 Å². The average molecular weight is 360 g/mol. The van der Waals surface area contributed by atoms with Crippen LogP contribution in [0.5, 0.6) is 0 Å². The summed E-state index contributed by atoms with van der Waals surface area (Å²) < 4.78 is 17.9. The lowest BCUT2D eigenvalue weighted by molar-refractivity contribution is -0.122. The number of hydrogen-bond acceptors (Lipinski definition) is 5. The van der Waals surface area contributed by atoms with Gasteiger partial charge >= 0.3 is 0 Å². The number of ether oxygens (including phenoxy) is 1.